The number of nitrogens with zero attached hydrogens (tertiary/aromatic N) is 6. The van der Waals surface area contributed by atoms with Crippen molar-refractivity contribution in [2.75, 3.05) is 26.0 Å². The van der Waals surface area contributed by atoms with Crippen molar-refractivity contribution in [2.45, 2.75) is 11.8 Å². The molecule has 0 bridgehead atoms. The van der Waals surface area contributed by atoms with Gasteiger partial charge in [0.2, 0.25) is 10.0 Å². The molecule has 2 aromatic heterocycles. The molecular formula is C14H17N7O3S. The Morgan fingerprint density at radius 1 is 1.24 bits per heavy atom. The molecule has 2 heterocycles. The molecule has 0 spiro atoms. The summed E-state index contributed by atoms with van der Waals surface area (Å²) in [6, 6.07) is 8.22. The lowest BCUT2D eigenvalue weighted by atomic mass is 10.3. The van der Waals surface area contributed by atoms with E-state index in [0.717, 1.165) is 4.31 Å². The third kappa shape index (κ3) is 3.37. The summed E-state index contributed by atoms with van der Waals surface area (Å²) >= 11 is 0. The zero-order chi connectivity index (χ0) is 18.0. The highest BCUT2D eigenvalue weighted by molar-refractivity contribution is 7.89. The number of benzene rings is 1. The predicted octanol–water partition coefficient (Wildman–Crippen LogP) is 0.912. The molecule has 0 unspecified atom stereocenters. The van der Waals surface area contributed by atoms with Gasteiger partial charge in [0.1, 0.15) is 10.6 Å². The second kappa shape index (κ2) is 6.61. The number of hydrogen-bond acceptors (Lipinski definition) is 8. The Labute approximate surface area is 144 Å². The lowest BCUT2D eigenvalue weighted by Gasteiger charge is -2.16. The molecule has 0 aliphatic carbocycles. The van der Waals surface area contributed by atoms with E-state index >= 15 is 0 Å². The monoisotopic (exact) mass is 363 g/mol. The van der Waals surface area contributed by atoms with Crippen LogP contribution in [0.25, 0.3) is 5.65 Å². The topological polar surface area (TPSA) is 115 Å². The van der Waals surface area contributed by atoms with Crippen molar-refractivity contribution in [1.29, 1.82) is 0 Å². The van der Waals surface area contributed by atoms with Crippen LogP contribution in [0.4, 0.5) is 11.5 Å². The van der Waals surface area contributed by atoms with Crippen LogP contribution in [0.5, 0.6) is 5.75 Å². The van der Waals surface area contributed by atoms with Crippen LogP contribution in [-0.4, -0.2) is 58.7 Å². The van der Waals surface area contributed by atoms with Gasteiger partial charge in [0.25, 0.3) is 0 Å². The minimum Gasteiger partial charge on any atom is -0.492 e. The third-order valence-electron chi connectivity index (χ3n) is 3.34. The van der Waals surface area contributed by atoms with Crippen LogP contribution in [0.2, 0.25) is 0 Å². The van der Waals surface area contributed by atoms with Gasteiger partial charge in [-0.25, -0.2) is 12.7 Å². The molecule has 1 N–H and O–H groups in total. The maximum atomic E-state index is 12.5. The Bertz CT molecular complexity index is 1000. The van der Waals surface area contributed by atoms with E-state index in [1.807, 2.05) is 0 Å². The molecule has 10 nitrogen and oxygen atoms in total. The molecule has 3 rings (SSSR count). The molecule has 3 aromatic rings. The van der Waals surface area contributed by atoms with Crippen LogP contribution >= 0.6 is 0 Å². The highest BCUT2D eigenvalue weighted by atomic mass is 32.2. The highest BCUT2D eigenvalue weighted by Crippen LogP contribution is 2.30. The normalized spacial score (nSPS) is 11.8. The Kier molecular flexibility index (Phi) is 4.51. The first-order chi connectivity index (χ1) is 11.9. The Hall–Kier alpha value is -2.79. The van der Waals surface area contributed by atoms with Gasteiger partial charge < -0.3 is 10.1 Å². The second-order valence-corrected chi connectivity index (χ2v) is 7.37. The molecule has 0 fully saturated rings. The summed E-state index contributed by atoms with van der Waals surface area (Å²) in [5, 5.41) is 18.3. The molecule has 0 radical (unpaired) electrons. The largest absolute Gasteiger partial charge is 0.492 e. The molecule has 0 aliphatic heterocycles. The summed E-state index contributed by atoms with van der Waals surface area (Å²) in [7, 11) is -0.719. The van der Waals surface area contributed by atoms with Crippen molar-refractivity contribution in [3.8, 4) is 5.75 Å². The molecule has 0 aliphatic rings. The summed E-state index contributed by atoms with van der Waals surface area (Å²) in [6.45, 7) is 2.16. The molecule has 132 valence electrons. The fourth-order valence-electron chi connectivity index (χ4n) is 2.12. The van der Waals surface area contributed by atoms with Gasteiger partial charge in [0.15, 0.2) is 11.5 Å². The molecule has 0 atom stereocenters. The van der Waals surface area contributed by atoms with Crippen molar-refractivity contribution in [3.63, 3.8) is 0 Å². The number of rotatable bonds is 6. The molecule has 11 heteroatoms. The van der Waals surface area contributed by atoms with E-state index in [1.54, 1.807) is 31.2 Å². The predicted molar refractivity (Wildman–Crippen MR) is 90.3 cm³/mol. The van der Waals surface area contributed by atoms with Crippen molar-refractivity contribution in [2.24, 2.45) is 0 Å². The number of hydrogen-bond donors (Lipinski definition) is 1. The SMILES string of the molecule is CCOc1ccc(Nc2ccc3nnnn3n2)cc1S(=O)(=O)N(C)C. The minimum absolute atomic E-state index is 0.0767. The van der Waals surface area contributed by atoms with Gasteiger partial charge in [-0.1, -0.05) is 0 Å². The number of ether oxygens (including phenoxy) is 1. The van der Waals surface area contributed by atoms with Gasteiger partial charge >= 0.3 is 0 Å². The number of tetrazole rings is 1. The molecule has 0 saturated heterocycles. The number of aromatic nitrogens is 5. The molecule has 25 heavy (non-hydrogen) atoms. The van der Waals surface area contributed by atoms with Crippen LogP contribution in [0.3, 0.4) is 0 Å². The second-order valence-electron chi connectivity index (χ2n) is 5.25. The maximum Gasteiger partial charge on any atom is 0.246 e. The summed E-state index contributed by atoms with van der Waals surface area (Å²) in [6.07, 6.45) is 0. The first-order valence-corrected chi connectivity index (χ1v) is 8.87. The standard InChI is InChI=1S/C14H17N7O3S/c1-4-24-11-6-5-10(9-12(11)25(22,23)20(2)3)15-13-7-8-14-16-18-19-21(14)17-13/h5-9H,4H2,1-3H3,(H,15,17). The Morgan fingerprint density at radius 2 is 2.04 bits per heavy atom. The number of nitrogens with one attached hydrogen (secondary N) is 1. The maximum absolute atomic E-state index is 12.5. The fraction of sp³-hybridized carbons (Fsp3) is 0.286. The van der Waals surface area contributed by atoms with E-state index in [2.05, 4.69) is 25.9 Å². The average Bonchev–Trinajstić information content (AvgIpc) is 3.04. The molecule has 1 aromatic carbocycles. The van der Waals surface area contributed by atoms with Gasteiger partial charge in [0, 0.05) is 19.8 Å². The minimum atomic E-state index is -3.66. The van der Waals surface area contributed by atoms with Crippen molar-refractivity contribution >= 4 is 27.2 Å². The number of fused-ring (bicyclic) bond motifs is 1. The van der Waals surface area contributed by atoms with E-state index in [4.69, 9.17) is 4.74 Å². The van der Waals surface area contributed by atoms with Crippen LogP contribution in [0, 0.1) is 0 Å². The zero-order valence-electron chi connectivity index (χ0n) is 13.9. The first-order valence-electron chi connectivity index (χ1n) is 7.43. The molecular weight excluding hydrogens is 346 g/mol. The Balaban J connectivity index is 1.99. The van der Waals surface area contributed by atoms with E-state index < -0.39 is 10.0 Å². The number of anilines is 2. The van der Waals surface area contributed by atoms with E-state index in [1.165, 1.54) is 24.8 Å². The van der Waals surface area contributed by atoms with Gasteiger partial charge in [-0.05, 0) is 47.7 Å². The van der Waals surface area contributed by atoms with E-state index in [-0.39, 0.29) is 4.90 Å². The van der Waals surface area contributed by atoms with Gasteiger partial charge in [-0.3, -0.25) is 0 Å². The van der Waals surface area contributed by atoms with Crippen LogP contribution in [0.1, 0.15) is 6.92 Å². The summed E-state index contributed by atoms with van der Waals surface area (Å²) in [4.78, 5) is 0.0767. The third-order valence-corrected chi connectivity index (χ3v) is 5.18. The number of sulfonamides is 1. The summed E-state index contributed by atoms with van der Waals surface area (Å²) in [5.74, 6) is 0.766. The average molecular weight is 363 g/mol. The Morgan fingerprint density at radius 3 is 2.76 bits per heavy atom. The summed E-state index contributed by atoms with van der Waals surface area (Å²) < 4.78 is 32.9. The van der Waals surface area contributed by atoms with Crippen molar-refractivity contribution in [1.82, 2.24) is 29.6 Å². The van der Waals surface area contributed by atoms with E-state index in [9.17, 15) is 8.42 Å². The quantitative estimate of drug-likeness (QED) is 0.687. The van der Waals surface area contributed by atoms with Crippen molar-refractivity contribution < 1.29 is 13.2 Å². The molecule has 0 saturated carbocycles. The lowest BCUT2D eigenvalue weighted by molar-refractivity contribution is 0.330. The van der Waals surface area contributed by atoms with Crippen LogP contribution in [-0.2, 0) is 10.0 Å². The summed E-state index contributed by atoms with van der Waals surface area (Å²) in [5.41, 5.74) is 1.05. The van der Waals surface area contributed by atoms with Crippen molar-refractivity contribution in [3.05, 3.63) is 30.3 Å². The van der Waals surface area contributed by atoms with E-state index in [0.29, 0.717) is 29.5 Å². The van der Waals surface area contributed by atoms with Gasteiger partial charge in [-0.2, -0.15) is 0 Å². The van der Waals surface area contributed by atoms with Crippen LogP contribution in [0.15, 0.2) is 35.2 Å². The molecule has 0 amide bonds. The zero-order valence-corrected chi connectivity index (χ0v) is 14.7. The lowest BCUT2D eigenvalue weighted by Crippen LogP contribution is -2.23. The smallest absolute Gasteiger partial charge is 0.246 e. The fourth-order valence-corrected chi connectivity index (χ4v) is 3.17. The van der Waals surface area contributed by atoms with Gasteiger partial charge in [0.05, 0.1) is 6.61 Å². The first kappa shape index (κ1) is 17.0. The highest BCUT2D eigenvalue weighted by Gasteiger charge is 2.23. The van der Waals surface area contributed by atoms with Crippen LogP contribution < -0.4 is 10.1 Å². The van der Waals surface area contributed by atoms with Gasteiger partial charge in [-0.15, -0.1) is 14.8 Å².